The number of fused-ring (bicyclic) bond motifs is 3. The van der Waals surface area contributed by atoms with Gasteiger partial charge in [0.25, 0.3) is 0 Å². The summed E-state index contributed by atoms with van der Waals surface area (Å²) >= 11 is 0. The van der Waals surface area contributed by atoms with Gasteiger partial charge in [0.05, 0.1) is 23.8 Å². The predicted octanol–water partition coefficient (Wildman–Crippen LogP) is 1.90. The van der Waals surface area contributed by atoms with E-state index < -0.39 is 0 Å². The molecule has 0 spiro atoms. The third kappa shape index (κ3) is 2.30. The van der Waals surface area contributed by atoms with E-state index in [1.807, 2.05) is 44.6 Å². The Labute approximate surface area is 145 Å². The van der Waals surface area contributed by atoms with Gasteiger partial charge in [0, 0.05) is 36.6 Å². The highest BCUT2D eigenvalue weighted by atomic mass is 15.4. The monoisotopic (exact) mass is 333 g/mol. The third-order valence-corrected chi connectivity index (χ3v) is 5.09. The first-order chi connectivity index (χ1) is 12.2. The zero-order chi connectivity index (χ0) is 17.0. The Balaban J connectivity index is 1.47. The van der Waals surface area contributed by atoms with Gasteiger partial charge < -0.3 is 9.80 Å². The van der Waals surface area contributed by atoms with E-state index in [2.05, 4.69) is 29.7 Å². The van der Waals surface area contributed by atoms with Crippen LogP contribution < -0.4 is 9.80 Å². The van der Waals surface area contributed by atoms with E-state index in [9.17, 15) is 0 Å². The molecule has 0 N–H and O–H groups in total. The maximum Gasteiger partial charge on any atom is 0.225 e. The van der Waals surface area contributed by atoms with Crippen molar-refractivity contribution in [1.82, 2.24) is 24.9 Å². The van der Waals surface area contributed by atoms with E-state index in [4.69, 9.17) is 4.98 Å². The van der Waals surface area contributed by atoms with Crippen LogP contribution in [0.25, 0.3) is 10.9 Å². The Hall–Kier alpha value is -2.83. The number of piperidine rings is 1. The van der Waals surface area contributed by atoms with Gasteiger partial charge in [0.1, 0.15) is 11.6 Å². The summed E-state index contributed by atoms with van der Waals surface area (Å²) in [6.07, 6.45) is 6.66. The molecule has 7 heteroatoms. The van der Waals surface area contributed by atoms with Crippen LogP contribution in [0, 0.1) is 13.8 Å². The molecule has 0 amide bonds. The fourth-order valence-electron chi connectivity index (χ4n) is 3.98. The molecule has 2 unspecified atom stereocenters. The van der Waals surface area contributed by atoms with Crippen LogP contribution >= 0.6 is 0 Å². The van der Waals surface area contributed by atoms with Gasteiger partial charge in [-0.1, -0.05) is 0 Å². The maximum atomic E-state index is 4.75. The van der Waals surface area contributed by atoms with Crippen LogP contribution in [-0.2, 0) is 0 Å². The molecule has 25 heavy (non-hydrogen) atoms. The lowest BCUT2D eigenvalue weighted by atomic mass is 9.87. The molecular formula is C18H19N7. The molecule has 0 saturated carbocycles. The highest BCUT2D eigenvalue weighted by Gasteiger charge is 2.46. The van der Waals surface area contributed by atoms with Crippen LogP contribution in [0.5, 0.6) is 0 Å². The van der Waals surface area contributed by atoms with Gasteiger partial charge in [0.15, 0.2) is 0 Å². The molecule has 3 aliphatic rings. The second-order valence-electron chi connectivity index (χ2n) is 6.84. The molecule has 2 atom stereocenters. The van der Waals surface area contributed by atoms with Gasteiger partial charge >= 0.3 is 0 Å². The first-order valence-electron chi connectivity index (χ1n) is 8.60. The molecule has 0 aliphatic carbocycles. The van der Waals surface area contributed by atoms with Gasteiger partial charge in [-0.15, -0.1) is 0 Å². The quantitative estimate of drug-likeness (QED) is 0.709. The van der Waals surface area contributed by atoms with Crippen LogP contribution in [0.15, 0.2) is 30.7 Å². The number of pyridine rings is 1. The molecule has 2 bridgehead atoms. The van der Waals surface area contributed by atoms with E-state index in [1.165, 1.54) is 6.42 Å². The summed E-state index contributed by atoms with van der Waals surface area (Å²) in [5.74, 6) is 2.66. The molecule has 3 aromatic rings. The number of aryl methyl sites for hydroxylation is 2. The third-order valence-electron chi connectivity index (χ3n) is 5.09. The average molecular weight is 333 g/mol. The smallest absolute Gasteiger partial charge is 0.225 e. The minimum absolute atomic E-state index is 0.438. The minimum Gasteiger partial charge on any atom is -0.346 e. The molecule has 3 fully saturated rings. The lowest BCUT2D eigenvalue weighted by Crippen LogP contribution is -2.69. The van der Waals surface area contributed by atoms with Gasteiger partial charge in [-0.3, -0.25) is 4.98 Å². The Bertz CT molecular complexity index is 945. The van der Waals surface area contributed by atoms with Crippen LogP contribution in [0.4, 0.5) is 11.8 Å². The standard InChI is InChI=1S/C18H19N7/c1-11-3-6-20-18(21-11)24-9-13-7-14(10-24)25(13)17-15-4-5-19-8-16(15)22-12(2)23-17/h3-6,8,13-14H,7,9-10H2,1-2H3. The van der Waals surface area contributed by atoms with Crippen molar-refractivity contribution in [3.8, 4) is 0 Å². The number of rotatable bonds is 2. The maximum absolute atomic E-state index is 4.75. The highest BCUT2D eigenvalue weighted by molar-refractivity contribution is 5.89. The number of anilines is 2. The van der Waals surface area contributed by atoms with E-state index in [1.54, 1.807) is 0 Å². The zero-order valence-electron chi connectivity index (χ0n) is 14.3. The minimum atomic E-state index is 0.438. The van der Waals surface area contributed by atoms with Gasteiger partial charge in [0.2, 0.25) is 5.95 Å². The van der Waals surface area contributed by atoms with E-state index >= 15 is 0 Å². The summed E-state index contributed by atoms with van der Waals surface area (Å²) in [5, 5.41) is 1.08. The SMILES string of the molecule is Cc1ccnc(N2CC3CC(C2)N3c2nc(C)nc3cnccc23)n1. The van der Waals surface area contributed by atoms with Crippen molar-refractivity contribution in [3.63, 3.8) is 0 Å². The van der Waals surface area contributed by atoms with E-state index in [-0.39, 0.29) is 0 Å². The highest BCUT2D eigenvalue weighted by Crippen LogP contribution is 2.39. The second kappa shape index (κ2) is 5.34. The van der Waals surface area contributed by atoms with Crippen molar-refractivity contribution in [2.75, 3.05) is 22.9 Å². The molecule has 7 nitrogen and oxygen atoms in total. The molecule has 3 saturated heterocycles. The Kier molecular flexibility index (Phi) is 3.10. The molecular weight excluding hydrogens is 314 g/mol. The van der Waals surface area contributed by atoms with Crippen molar-refractivity contribution < 1.29 is 0 Å². The first-order valence-corrected chi connectivity index (χ1v) is 8.60. The van der Waals surface area contributed by atoms with Gasteiger partial charge in [-0.2, -0.15) is 0 Å². The Morgan fingerprint density at radius 1 is 1.00 bits per heavy atom. The molecule has 3 aromatic heterocycles. The lowest BCUT2D eigenvalue weighted by molar-refractivity contribution is 0.287. The molecule has 6 rings (SSSR count). The van der Waals surface area contributed by atoms with E-state index in [0.717, 1.165) is 47.3 Å². The number of nitrogens with zero attached hydrogens (tertiary/aromatic N) is 7. The molecule has 0 aromatic carbocycles. The molecule has 0 radical (unpaired) electrons. The number of piperazine rings is 1. The summed E-state index contributed by atoms with van der Waals surface area (Å²) in [5.41, 5.74) is 1.92. The summed E-state index contributed by atoms with van der Waals surface area (Å²) < 4.78 is 0. The summed E-state index contributed by atoms with van der Waals surface area (Å²) in [4.78, 5) is 27.2. The molecule has 3 aliphatic heterocycles. The van der Waals surface area contributed by atoms with Crippen LogP contribution in [-0.4, -0.2) is 50.1 Å². The van der Waals surface area contributed by atoms with Gasteiger partial charge in [-0.05, 0) is 32.4 Å². The number of aromatic nitrogens is 5. The van der Waals surface area contributed by atoms with E-state index in [0.29, 0.717) is 12.1 Å². The van der Waals surface area contributed by atoms with Crippen molar-refractivity contribution in [1.29, 1.82) is 0 Å². The zero-order valence-corrected chi connectivity index (χ0v) is 14.3. The lowest BCUT2D eigenvalue weighted by Gasteiger charge is -2.57. The summed E-state index contributed by atoms with van der Waals surface area (Å²) in [7, 11) is 0. The molecule has 6 heterocycles. The summed E-state index contributed by atoms with van der Waals surface area (Å²) in [6, 6.07) is 4.83. The number of hydrogen-bond acceptors (Lipinski definition) is 7. The molecule has 126 valence electrons. The van der Waals surface area contributed by atoms with Crippen LogP contribution in [0.1, 0.15) is 17.9 Å². The number of hydrogen-bond donors (Lipinski definition) is 0. The normalized spacial score (nSPS) is 22.2. The van der Waals surface area contributed by atoms with Crippen molar-refractivity contribution in [2.24, 2.45) is 0 Å². The van der Waals surface area contributed by atoms with Crippen LogP contribution in [0.3, 0.4) is 0 Å². The second-order valence-corrected chi connectivity index (χ2v) is 6.84. The summed E-state index contributed by atoms with van der Waals surface area (Å²) in [6.45, 7) is 5.80. The Morgan fingerprint density at radius 3 is 2.64 bits per heavy atom. The van der Waals surface area contributed by atoms with Crippen molar-refractivity contribution in [2.45, 2.75) is 32.4 Å². The fraction of sp³-hybridized carbons (Fsp3) is 0.389. The average Bonchev–Trinajstić information content (AvgIpc) is 2.61. The first kappa shape index (κ1) is 14.5. The fourth-order valence-corrected chi connectivity index (χ4v) is 3.98. The van der Waals surface area contributed by atoms with Gasteiger partial charge in [-0.25, -0.2) is 19.9 Å². The van der Waals surface area contributed by atoms with Crippen molar-refractivity contribution >= 4 is 22.7 Å². The van der Waals surface area contributed by atoms with Crippen molar-refractivity contribution in [3.05, 3.63) is 42.2 Å². The topological polar surface area (TPSA) is 70.9 Å². The largest absolute Gasteiger partial charge is 0.346 e. The van der Waals surface area contributed by atoms with Crippen LogP contribution in [0.2, 0.25) is 0 Å². The Morgan fingerprint density at radius 2 is 1.84 bits per heavy atom. The predicted molar refractivity (Wildman–Crippen MR) is 95.7 cm³/mol.